The summed E-state index contributed by atoms with van der Waals surface area (Å²) in [6.45, 7) is 0. The normalized spacial score (nSPS) is 10.8. The Morgan fingerprint density at radius 2 is 1.95 bits per heavy atom. The molecule has 0 saturated heterocycles. The van der Waals surface area contributed by atoms with Crippen LogP contribution in [0.25, 0.3) is 22.6 Å². The Bertz CT molecular complexity index is 768. The van der Waals surface area contributed by atoms with Gasteiger partial charge < -0.3 is 4.42 Å². The van der Waals surface area contributed by atoms with Gasteiger partial charge in [-0.05, 0) is 18.2 Å². The first kappa shape index (κ1) is 11.7. The fourth-order valence-corrected chi connectivity index (χ4v) is 2.01. The molecule has 1 aromatic heterocycles. The molecule has 0 N–H and O–H groups in total. The Hall–Kier alpha value is -2.40. The van der Waals surface area contributed by atoms with Crippen LogP contribution in [0, 0.1) is 10.1 Å². The maximum Gasteiger partial charge on any atom is 0.291 e. The van der Waals surface area contributed by atoms with Crippen LogP contribution in [-0.2, 0) is 0 Å². The van der Waals surface area contributed by atoms with Crippen molar-refractivity contribution in [1.82, 2.24) is 4.98 Å². The first-order valence-corrected chi connectivity index (χ1v) is 5.83. The quantitative estimate of drug-likeness (QED) is 0.522. The van der Waals surface area contributed by atoms with Crippen LogP contribution in [0.3, 0.4) is 0 Å². The second-order valence-corrected chi connectivity index (χ2v) is 4.32. The Morgan fingerprint density at radius 3 is 2.63 bits per heavy atom. The number of nitrogens with zero attached hydrogens (tertiary/aromatic N) is 2. The van der Waals surface area contributed by atoms with Crippen molar-refractivity contribution in [2.45, 2.75) is 0 Å². The smallest absolute Gasteiger partial charge is 0.291 e. The van der Waals surface area contributed by atoms with Crippen molar-refractivity contribution in [1.29, 1.82) is 0 Å². The number of benzene rings is 2. The SMILES string of the molecule is O=[N+]([O-])c1cc2oc(-c3ccccc3)nc2cc1Cl. The van der Waals surface area contributed by atoms with Gasteiger partial charge in [-0.1, -0.05) is 29.8 Å². The molecule has 0 amide bonds. The highest BCUT2D eigenvalue weighted by atomic mass is 35.5. The van der Waals surface area contributed by atoms with Gasteiger partial charge in [0.05, 0.1) is 11.0 Å². The molecule has 1 heterocycles. The number of oxazole rings is 1. The predicted molar refractivity (Wildman–Crippen MR) is 71.1 cm³/mol. The lowest BCUT2D eigenvalue weighted by molar-refractivity contribution is -0.384. The molecule has 0 aliphatic rings. The van der Waals surface area contributed by atoms with Gasteiger partial charge in [0.25, 0.3) is 5.69 Å². The number of hydrogen-bond acceptors (Lipinski definition) is 4. The Balaban J connectivity index is 2.19. The average molecular weight is 275 g/mol. The molecule has 3 rings (SSSR count). The first-order chi connectivity index (χ1) is 9.15. The Labute approximate surface area is 112 Å². The van der Waals surface area contributed by atoms with Crippen LogP contribution in [0.15, 0.2) is 46.9 Å². The lowest BCUT2D eigenvalue weighted by atomic mass is 10.2. The fourth-order valence-electron chi connectivity index (χ4n) is 1.78. The fraction of sp³-hybridized carbons (Fsp3) is 0. The number of nitro benzene ring substituents is 1. The van der Waals surface area contributed by atoms with Crippen molar-refractivity contribution in [2.24, 2.45) is 0 Å². The largest absolute Gasteiger partial charge is 0.436 e. The summed E-state index contributed by atoms with van der Waals surface area (Å²) in [6.07, 6.45) is 0. The van der Waals surface area contributed by atoms with Crippen LogP contribution in [0.5, 0.6) is 0 Å². The van der Waals surface area contributed by atoms with Gasteiger partial charge in [0, 0.05) is 5.56 Å². The molecule has 0 aliphatic heterocycles. The van der Waals surface area contributed by atoms with E-state index in [0.717, 1.165) is 5.56 Å². The molecule has 0 radical (unpaired) electrons. The molecular formula is C13H7ClN2O3. The maximum absolute atomic E-state index is 10.8. The Kier molecular flexibility index (Phi) is 2.68. The molecule has 6 heteroatoms. The van der Waals surface area contributed by atoms with Crippen molar-refractivity contribution < 1.29 is 9.34 Å². The van der Waals surface area contributed by atoms with Gasteiger partial charge >= 0.3 is 0 Å². The van der Waals surface area contributed by atoms with E-state index >= 15 is 0 Å². The second kappa shape index (κ2) is 4.37. The highest BCUT2D eigenvalue weighted by molar-refractivity contribution is 6.33. The zero-order chi connectivity index (χ0) is 13.4. The first-order valence-electron chi connectivity index (χ1n) is 5.45. The predicted octanol–water partition coefficient (Wildman–Crippen LogP) is 4.06. The van der Waals surface area contributed by atoms with E-state index < -0.39 is 4.92 Å². The van der Waals surface area contributed by atoms with Crippen molar-refractivity contribution in [2.75, 3.05) is 0 Å². The van der Waals surface area contributed by atoms with Crippen LogP contribution in [0.2, 0.25) is 5.02 Å². The molecule has 19 heavy (non-hydrogen) atoms. The van der Waals surface area contributed by atoms with E-state index in [1.54, 1.807) is 0 Å². The van der Waals surface area contributed by atoms with Crippen LogP contribution in [0.4, 0.5) is 5.69 Å². The molecule has 0 atom stereocenters. The van der Waals surface area contributed by atoms with Crippen molar-refractivity contribution in [3.8, 4) is 11.5 Å². The summed E-state index contributed by atoms with van der Waals surface area (Å²) in [4.78, 5) is 14.5. The van der Waals surface area contributed by atoms with Crippen molar-refractivity contribution in [3.05, 3.63) is 57.6 Å². The molecule has 5 nitrogen and oxygen atoms in total. The number of hydrogen-bond donors (Lipinski definition) is 0. The molecule has 0 unspecified atom stereocenters. The van der Waals surface area contributed by atoms with E-state index in [-0.39, 0.29) is 10.7 Å². The standard InChI is InChI=1S/C13H7ClN2O3/c14-9-6-10-12(7-11(9)16(17)18)19-13(15-10)8-4-2-1-3-5-8/h1-7H. The third kappa shape index (κ3) is 2.04. The molecule has 94 valence electrons. The molecule has 2 aromatic carbocycles. The summed E-state index contributed by atoms with van der Waals surface area (Å²) in [7, 11) is 0. The lowest BCUT2D eigenvalue weighted by Crippen LogP contribution is -1.88. The summed E-state index contributed by atoms with van der Waals surface area (Å²) >= 11 is 5.83. The molecule has 0 saturated carbocycles. The van der Waals surface area contributed by atoms with Crippen molar-refractivity contribution >= 4 is 28.4 Å². The van der Waals surface area contributed by atoms with Gasteiger partial charge in [0.2, 0.25) is 5.89 Å². The van der Waals surface area contributed by atoms with E-state index in [9.17, 15) is 10.1 Å². The minimum atomic E-state index is -0.549. The summed E-state index contributed by atoms with van der Waals surface area (Å²) in [5, 5.41) is 10.8. The molecule has 0 bridgehead atoms. The maximum atomic E-state index is 10.8. The number of rotatable bonds is 2. The van der Waals surface area contributed by atoms with E-state index in [0.29, 0.717) is 17.0 Å². The van der Waals surface area contributed by atoms with Gasteiger partial charge in [-0.3, -0.25) is 10.1 Å². The minimum absolute atomic E-state index is 0.0467. The van der Waals surface area contributed by atoms with E-state index in [4.69, 9.17) is 16.0 Å². The van der Waals surface area contributed by atoms with Crippen molar-refractivity contribution in [3.63, 3.8) is 0 Å². The molecule has 3 aromatic rings. The van der Waals surface area contributed by atoms with Crippen LogP contribution < -0.4 is 0 Å². The number of fused-ring (bicyclic) bond motifs is 1. The minimum Gasteiger partial charge on any atom is -0.436 e. The van der Waals surface area contributed by atoms with Gasteiger partial charge in [0.1, 0.15) is 10.5 Å². The number of halogens is 1. The zero-order valence-electron chi connectivity index (χ0n) is 9.54. The van der Waals surface area contributed by atoms with Crippen LogP contribution in [0.1, 0.15) is 0 Å². The molecule has 0 aliphatic carbocycles. The lowest BCUT2D eigenvalue weighted by Gasteiger charge is -1.93. The van der Waals surface area contributed by atoms with E-state index in [2.05, 4.69) is 4.98 Å². The zero-order valence-corrected chi connectivity index (χ0v) is 10.3. The third-order valence-electron chi connectivity index (χ3n) is 2.67. The van der Waals surface area contributed by atoms with E-state index in [1.807, 2.05) is 30.3 Å². The highest BCUT2D eigenvalue weighted by Gasteiger charge is 2.17. The number of aromatic nitrogens is 1. The Morgan fingerprint density at radius 1 is 1.21 bits per heavy atom. The summed E-state index contributed by atoms with van der Waals surface area (Å²) in [6, 6.07) is 12.0. The van der Waals surface area contributed by atoms with Crippen LogP contribution >= 0.6 is 11.6 Å². The molecule has 0 fully saturated rings. The van der Waals surface area contributed by atoms with Gasteiger partial charge in [-0.25, -0.2) is 4.98 Å². The summed E-state index contributed by atoms with van der Waals surface area (Å²) in [5.74, 6) is 0.409. The molecule has 0 spiro atoms. The second-order valence-electron chi connectivity index (χ2n) is 3.91. The van der Waals surface area contributed by atoms with Gasteiger partial charge in [-0.15, -0.1) is 0 Å². The summed E-state index contributed by atoms with van der Waals surface area (Å²) < 4.78 is 5.53. The van der Waals surface area contributed by atoms with Crippen LogP contribution in [-0.4, -0.2) is 9.91 Å². The topological polar surface area (TPSA) is 69.2 Å². The number of nitro groups is 1. The highest BCUT2D eigenvalue weighted by Crippen LogP contribution is 2.32. The van der Waals surface area contributed by atoms with Gasteiger partial charge in [0.15, 0.2) is 5.58 Å². The summed E-state index contributed by atoms with van der Waals surface area (Å²) in [5.41, 5.74) is 1.45. The monoisotopic (exact) mass is 274 g/mol. The third-order valence-corrected chi connectivity index (χ3v) is 2.98. The molecular weight excluding hydrogens is 268 g/mol. The van der Waals surface area contributed by atoms with Gasteiger partial charge in [-0.2, -0.15) is 0 Å². The van der Waals surface area contributed by atoms with E-state index in [1.165, 1.54) is 12.1 Å². The average Bonchev–Trinajstić information content (AvgIpc) is 2.81.